The fraction of sp³-hybridized carbons (Fsp3) is 0.467. The standard InChI is InChI=1S/C15H19N3O4S/c1-8(2)22-10(19)5-6-16-13(20)12-9(3)11-14(23-12)17-7-18(4)15(11)21/h7-8H,5-6H2,1-4H3,(H,16,20). The van der Waals surface area contributed by atoms with Crippen molar-refractivity contribution in [2.45, 2.75) is 33.3 Å². The molecule has 0 saturated carbocycles. The smallest absolute Gasteiger partial charge is 0.307 e. The first kappa shape index (κ1) is 17.1. The third kappa shape index (κ3) is 3.76. The molecule has 0 aliphatic heterocycles. The molecule has 0 aliphatic carbocycles. The summed E-state index contributed by atoms with van der Waals surface area (Å²) in [4.78, 5) is 41.0. The van der Waals surface area contributed by atoms with Gasteiger partial charge in [0.2, 0.25) is 0 Å². The first-order chi connectivity index (χ1) is 10.8. The molecule has 2 aromatic heterocycles. The van der Waals surface area contributed by atoms with Gasteiger partial charge in [-0.2, -0.15) is 0 Å². The molecule has 2 heterocycles. The highest BCUT2D eigenvalue weighted by atomic mass is 32.1. The molecule has 0 aromatic carbocycles. The Balaban J connectivity index is 2.10. The third-order valence-electron chi connectivity index (χ3n) is 3.20. The Morgan fingerprint density at radius 1 is 1.43 bits per heavy atom. The minimum Gasteiger partial charge on any atom is -0.463 e. The number of nitrogens with zero attached hydrogens (tertiary/aromatic N) is 2. The average molecular weight is 337 g/mol. The lowest BCUT2D eigenvalue weighted by Crippen LogP contribution is -2.27. The van der Waals surface area contributed by atoms with Crippen LogP contribution in [-0.4, -0.2) is 34.1 Å². The first-order valence-electron chi connectivity index (χ1n) is 7.23. The molecule has 2 aromatic rings. The second-order valence-corrected chi connectivity index (χ2v) is 6.44. The van der Waals surface area contributed by atoms with E-state index in [0.717, 1.165) is 0 Å². The number of fused-ring (bicyclic) bond motifs is 1. The van der Waals surface area contributed by atoms with Gasteiger partial charge in [0.15, 0.2) is 0 Å². The largest absolute Gasteiger partial charge is 0.463 e. The minimum atomic E-state index is -0.358. The van der Waals surface area contributed by atoms with Crippen LogP contribution in [0.1, 0.15) is 35.5 Å². The van der Waals surface area contributed by atoms with Crippen molar-refractivity contribution in [2.24, 2.45) is 7.05 Å². The number of carbonyl (C=O) groups excluding carboxylic acids is 2. The normalized spacial score (nSPS) is 11.0. The summed E-state index contributed by atoms with van der Waals surface area (Å²) in [5.74, 6) is -0.672. The Bertz CT molecular complexity index is 807. The lowest BCUT2D eigenvalue weighted by molar-refractivity contribution is -0.147. The van der Waals surface area contributed by atoms with Gasteiger partial charge in [-0.15, -0.1) is 11.3 Å². The summed E-state index contributed by atoms with van der Waals surface area (Å²) in [7, 11) is 1.62. The highest BCUT2D eigenvalue weighted by molar-refractivity contribution is 7.20. The molecule has 8 heteroatoms. The molecule has 0 saturated heterocycles. The van der Waals surface area contributed by atoms with Gasteiger partial charge < -0.3 is 14.6 Å². The summed E-state index contributed by atoms with van der Waals surface area (Å²) >= 11 is 1.17. The predicted octanol–water partition coefficient (Wildman–Crippen LogP) is 1.37. The molecule has 0 aliphatic rings. The van der Waals surface area contributed by atoms with Crippen LogP contribution < -0.4 is 10.9 Å². The Kier molecular flexibility index (Phi) is 5.15. The van der Waals surface area contributed by atoms with E-state index in [9.17, 15) is 14.4 Å². The molecular weight excluding hydrogens is 318 g/mol. The van der Waals surface area contributed by atoms with Crippen LogP contribution in [0.2, 0.25) is 0 Å². The van der Waals surface area contributed by atoms with E-state index in [1.807, 2.05) is 0 Å². The van der Waals surface area contributed by atoms with E-state index in [2.05, 4.69) is 10.3 Å². The average Bonchev–Trinajstić information content (AvgIpc) is 2.80. The van der Waals surface area contributed by atoms with Crippen LogP contribution in [0.15, 0.2) is 11.1 Å². The predicted molar refractivity (Wildman–Crippen MR) is 87.8 cm³/mol. The van der Waals surface area contributed by atoms with Crippen molar-refractivity contribution in [3.63, 3.8) is 0 Å². The van der Waals surface area contributed by atoms with Gasteiger partial charge in [-0.3, -0.25) is 14.4 Å². The zero-order valence-electron chi connectivity index (χ0n) is 13.5. The second kappa shape index (κ2) is 6.91. The number of rotatable bonds is 5. The highest BCUT2D eigenvalue weighted by Crippen LogP contribution is 2.26. The molecule has 0 bridgehead atoms. The van der Waals surface area contributed by atoms with E-state index in [1.54, 1.807) is 27.8 Å². The van der Waals surface area contributed by atoms with Crippen LogP contribution in [0, 0.1) is 6.92 Å². The number of ether oxygens (including phenoxy) is 1. The van der Waals surface area contributed by atoms with E-state index in [0.29, 0.717) is 20.7 Å². The first-order valence-corrected chi connectivity index (χ1v) is 8.05. The van der Waals surface area contributed by atoms with Crippen molar-refractivity contribution in [1.29, 1.82) is 0 Å². The fourth-order valence-electron chi connectivity index (χ4n) is 2.11. The Labute approximate surface area is 137 Å². The maximum atomic E-state index is 12.2. The van der Waals surface area contributed by atoms with Gasteiger partial charge in [-0.25, -0.2) is 4.98 Å². The number of nitrogens with one attached hydrogen (secondary N) is 1. The Morgan fingerprint density at radius 2 is 2.13 bits per heavy atom. The van der Waals surface area contributed by atoms with E-state index in [1.165, 1.54) is 22.2 Å². The van der Waals surface area contributed by atoms with Gasteiger partial charge in [-0.1, -0.05) is 0 Å². The molecule has 1 amide bonds. The number of esters is 1. The number of hydrogen-bond donors (Lipinski definition) is 1. The molecule has 0 radical (unpaired) electrons. The van der Waals surface area contributed by atoms with Crippen LogP contribution in [0.4, 0.5) is 0 Å². The van der Waals surface area contributed by atoms with Crippen molar-refractivity contribution >= 4 is 33.4 Å². The van der Waals surface area contributed by atoms with E-state index in [4.69, 9.17) is 4.74 Å². The summed E-state index contributed by atoms with van der Waals surface area (Å²) in [5, 5.41) is 3.14. The lowest BCUT2D eigenvalue weighted by Gasteiger charge is -2.08. The fourth-order valence-corrected chi connectivity index (χ4v) is 3.16. The quantitative estimate of drug-likeness (QED) is 0.832. The van der Waals surface area contributed by atoms with Crippen molar-refractivity contribution in [3.8, 4) is 0 Å². The molecule has 7 nitrogen and oxygen atoms in total. The zero-order chi connectivity index (χ0) is 17.1. The van der Waals surface area contributed by atoms with E-state index in [-0.39, 0.29) is 36.5 Å². The SMILES string of the molecule is Cc1c(C(=O)NCCC(=O)OC(C)C)sc2ncn(C)c(=O)c12. The molecule has 0 fully saturated rings. The van der Waals surface area contributed by atoms with Gasteiger partial charge >= 0.3 is 5.97 Å². The topological polar surface area (TPSA) is 90.3 Å². The maximum absolute atomic E-state index is 12.2. The molecule has 0 spiro atoms. The van der Waals surface area contributed by atoms with Gasteiger partial charge in [0.25, 0.3) is 11.5 Å². The van der Waals surface area contributed by atoms with Crippen LogP contribution in [-0.2, 0) is 16.6 Å². The van der Waals surface area contributed by atoms with Crippen LogP contribution >= 0.6 is 11.3 Å². The molecule has 2 rings (SSSR count). The monoisotopic (exact) mass is 337 g/mol. The van der Waals surface area contributed by atoms with Crippen molar-refractivity contribution in [1.82, 2.24) is 14.9 Å². The molecule has 23 heavy (non-hydrogen) atoms. The Hall–Kier alpha value is -2.22. The number of aromatic nitrogens is 2. The van der Waals surface area contributed by atoms with Gasteiger partial charge in [0.1, 0.15) is 4.83 Å². The number of hydrogen-bond acceptors (Lipinski definition) is 6. The zero-order valence-corrected chi connectivity index (χ0v) is 14.3. The number of amides is 1. The summed E-state index contributed by atoms with van der Waals surface area (Å²) < 4.78 is 6.38. The maximum Gasteiger partial charge on any atom is 0.307 e. The van der Waals surface area contributed by atoms with E-state index >= 15 is 0 Å². The van der Waals surface area contributed by atoms with Crippen molar-refractivity contribution in [2.75, 3.05) is 6.54 Å². The minimum absolute atomic E-state index is 0.105. The molecule has 0 atom stereocenters. The molecule has 124 valence electrons. The van der Waals surface area contributed by atoms with Gasteiger partial charge in [-0.05, 0) is 26.3 Å². The van der Waals surface area contributed by atoms with E-state index < -0.39 is 0 Å². The summed E-state index contributed by atoms with van der Waals surface area (Å²) in [6.07, 6.45) is 1.36. The van der Waals surface area contributed by atoms with Gasteiger partial charge in [0, 0.05) is 13.6 Å². The van der Waals surface area contributed by atoms with Crippen molar-refractivity contribution in [3.05, 3.63) is 27.1 Å². The third-order valence-corrected chi connectivity index (χ3v) is 4.40. The summed E-state index contributed by atoms with van der Waals surface area (Å²) in [6, 6.07) is 0. The van der Waals surface area contributed by atoms with Crippen LogP contribution in [0.3, 0.4) is 0 Å². The van der Waals surface area contributed by atoms with Crippen LogP contribution in [0.25, 0.3) is 10.2 Å². The summed E-state index contributed by atoms with van der Waals surface area (Å²) in [6.45, 7) is 5.45. The number of thiophene rings is 1. The number of carbonyl (C=O) groups is 2. The second-order valence-electron chi connectivity index (χ2n) is 5.44. The van der Waals surface area contributed by atoms with Gasteiger partial charge in [0.05, 0.1) is 29.1 Å². The lowest BCUT2D eigenvalue weighted by atomic mass is 10.2. The summed E-state index contributed by atoms with van der Waals surface area (Å²) in [5.41, 5.74) is 0.435. The molecular formula is C15H19N3O4S. The number of aryl methyl sites for hydroxylation is 2. The highest BCUT2D eigenvalue weighted by Gasteiger charge is 2.19. The Morgan fingerprint density at radius 3 is 2.78 bits per heavy atom. The molecule has 1 N–H and O–H groups in total. The molecule has 0 unspecified atom stereocenters. The van der Waals surface area contributed by atoms with Crippen molar-refractivity contribution < 1.29 is 14.3 Å². The van der Waals surface area contributed by atoms with Crippen LogP contribution in [0.5, 0.6) is 0 Å².